The summed E-state index contributed by atoms with van der Waals surface area (Å²) < 4.78 is 0. The van der Waals surface area contributed by atoms with Crippen molar-refractivity contribution in [2.24, 2.45) is 20.5 Å². The molecule has 0 aliphatic carbocycles. The molecule has 0 spiro atoms. The number of hydrogen-bond donors (Lipinski definition) is 1. The number of nitrogens with zero attached hydrogens (tertiary/aromatic N) is 4. The number of hydrogen-bond acceptors (Lipinski definition) is 5. The highest BCUT2D eigenvalue weighted by Gasteiger charge is 2.07. The molecule has 6 aromatic rings. The molecule has 0 saturated carbocycles. The average Bonchev–Trinajstić information content (AvgIpc) is 2.97. The standard InChI is InChI=1S/C32H23N5/c33-29-18-19-30(26-11-5-4-10-25(26)29)36-37-32-21-20-31(27-12-6-7-13-28(27)32)35-34-24-16-14-23(15-17-24)22-8-2-1-3-9-22/h1-21H,33H2. The lowest BCUT2D eigenvalue weighted by atomic mass is 10.1. The zero-order valence-corrected chi connectivity index (χ0v) is 20.0. The predicted octanol–water partition coefficient (Wildman–Crippen LogP) is 10.1. The third kappa shape index (κ3) is 4.58. The van der Waals surface area contributed by atoms with Crippen LogP contribution < -0.4 is 5.73 Å². The highest BCUT2D eigenvalue weighted by molar-refractivity contribution is 6.01. The molecule has 0 atom stereocenters. The zero-order valence-electron chi connectivity index (χ0n) is 20.0. The second kappa shape index (κ2) is 9.84. The van der Waals surface area contributed by atoms with Crippen molar-refractivity contribution in [3.8, 4) is 11.1 Å². The molecule has 0 aromatic heterocycles. The molecule has 0 fully saturated rings. The Morgan fingerprint density at radius 2 is 0.784 bits per heavy atom. The van der Waals surface area contributed by atoms with Gasteiger partial charge in [-0.25, -0.2) is 0 Å². The number of azo groups is 2. The van der Waals surface area contributed by atoms with Crippen molar-refractivity contribution < 1.29 is 0 Å². The summed E-state index contributed by atoms with van der Waals surface area (Å²) in [5, 5.41) is 22.1. The molecule has 176 valence electrons. The molecule has 0 aliphatic heterocycles. The highest BCUT2D eigenvalue weighted by Crippen LogP contribution is 2.37. The molecule has 37 heavy (non-hydrogen) atoms. The third-order valence-corrected chi connectivity index (χ3v) is 6.33. The molecule has 5 nitrogen and oxygen atoms in total. The molecule has 0 unspecified atom stereocenters. The van der Waals surface area contributed by atoms with Gasteiger partial charge in [0.1, 0.15) is 0 Å². The molecular weight excluding hydrogens is 454 g/mol. The summed E-state index contributed by atoms with van der Waals surface area (Å²) in [6, 6.07) is 42.0. The van der Waals surface area contributed by atoms with Crippen LogP contribution in [0.1, 0.15) is 0 Å². The van der Waals surface area contributed by atoms with Crippen LogP contribution >= 0.6 is 0 Å². The van der Waals surface area contributed by atoms with E-state index in [-0.39, 0.29) is 0 Å². The van der Waals surface area contributed by atoms with Gasteiger partial charge in [-0.3, -0.25) is 0 Å². The maximum Gasteiger partial charge on any atom is 0.0936 e. The first-order chi connectivity index (χ1) is 18.3. The van der Waals surface area contributed by atoms with Crippen LogP contribution in [0.5, 0.6) is 0 Å². The number of rotatable bonds is 5. The number of benzene rings is 6. The molecule has 2 N–H and O–H groups in total. The van der Waals surface area contributed by atoms with Gasteiger partial charge in [0.2, 0.25) is 0 Å². The summed E-state index contributed by atoms with van der Waals surface area (Å²) in [5.41, 5.74) is 12.3. The summed E-state index contributed by atoms with van der Waals surface area (Å²) in [4.78, 5) is 0. The summed E-state index contributed by atoms with van der Waals surface area (Å²) in [7, 11) is 0. The minimum absolute atomic E-state index is 0.726. The second-order valence-electron chi connectivity index (χ2n) is 8.68. The Balaban J connectivity index is 1.31. The molecule has 6 aromatic carbocycles. The molecule has 0 bridgehead atoms. The molecule has 0 radical (unpaired) electrons. The molecule has 5 heteroatoms. The predicted molar refractivity (Wildman–Crippen MR) is 153 cm³/mol. The molecule has 0 aliphatic rings. The SMILES string of the molecule is Nc1ccc(N=Nc2ccc(N=Nc3ccc(-c4ccccc4)cc3)c3ccccc23)c2ccccc12. The van der Waals surface area contributed by atoms with Crippen molar-refractivity contribution in [3.05, 3.63) is 127 Å². The van der Waals surface area contributed by atoms with Gasteiger partial charge in [-0.15, -0.1) is 15.3 Å². The zero-order chi connectivity index (χ0) is 25.0. The minimum atomic E-state index is 0.726. The molecule has 0 saturated heterocycles. The summed E-state index contributed by atoms with van der Waals surface area (Å²) >= 11 is 0. The molecule has 0 amide bonds. The van der Waals surface area contributed by atoms with Gasteiger partial charge in [-0.05, 0) is 47.5 Å². The van der Waals surface area contributed by atoms with Gasteiger partial charge < -0.3 is 5.73 Å². The highest BCUT2D eigenvalue weighted by atomic mass is 15.1. The lowest BCUT2D eigenvalue weighted by Gasteiger charge is -2.06. The first-order valence-corrected chi connectivity index (χ1v) is 12.0. The van der Waals surface area contributed by atoms with Crippen LogP contribution in [0.4, 0.5) is 28.4 Å². The van der Waals surface area contributed by atoms with Crippen LogP contribution in [0.2, 0.25) is 0 Å². The Hall–Kier alpha value is -5.16. The van der Waals surface area contributed by atoms with Crippen LogP contribution in [-0.2, 0) is 0 Å². The first kappa shape index (κ1) is 22.3. The fraction of sp³-hybridized carbons (Fsp3) is 0. The number of fused-ring (bicyclic) bond motifs is 2. The largest absolute Gasteiger partial charge is 0.398 e. The Morgan fingerprint density at radius 1 is 0.351 bits per heavy atom. The maximum absolute atomic E-state index is 6.14. The maximum atomic E-state index is 6.14. The van der Waals surface area contributed by atoms with Crippen LogP contribution in [0.15, 0.2) is 148 Å². The van der Waals surface area contributed by atoms with Crippen molar-refractivity contribution in [1.29, 1.82) is 0 Å². The fourth-order valence-corrected chi connectivity index (χ4v) is 4.41. The monoisotopic (exact) mass is 477 g/mol. The van der Waals surface area contributed by atoms with E-state index in [2.05, 4.69) is 44.7 Å². The van der Waals surface area contributed by atoms with Crippen LogP contribution in [-0.4, -0.2) is 0 Å². The average molecular weight is 478 g/mol. The van der Waals surface area contributed by atoms with Gasteiger partial charge in [-0.1, -0.05) is 91.0 Å². The topological polar surface area (TPSA) is 75.5 Å². The Labute approximate surface area is 214 Å². The van der Waals surface area contributed by atoms with Crippen molar-refractivity contribution in [2.75, 3.05) is 5.73 Å². The number of nitrogens with two attached hydrogens (primary N) is 1. The quantitative estimate of drug-likeness (QED) is 0.195. The van der Waals surface area contributed by atoms with E-state index in [1.807, 2.05) is 103 Å². The van der Waals surface area contributed by atoms with Crippen molar-refractivity contribution in [1.82, 2.24) is 0 Å². The van der Waals surface area contributed by atoms with Crippen molar-refractivity contribution >= 4 is 50.0 Å². The van der Waals surface area contributed by atoms with E-state index in [1.54, 1.807) is 0 Å². The smallest absolute Gasteiger partial charge is 0.0936 e. The minimum Gasteiger partial charge on any atom is -0.398 e. The summed E-state index contributed by atoms with van der Waals surface area (Å²) in [5.74, 6) is 0. The molecular formula is C32H23N5. The third-order valence-electron chi connectivity index (χ3n) is 6.33. The second-order valence-corrected chi connectivity index (χ2v) is 8.68. The van der Waals surface area contributed by atoms with Gasteiger partial charge in [-0.2, -0.15) is 5.11 Å². The van der Waals surface area contributed by atoms with Gasteiger partial charge in [0.25, 0.3) is 0 Å². The summed E-state index contributed by atoms with van der Waals surface area (Å²) in [6.07, 6.45) is 0. The lowest BCUT2D eigenvalue weighted by Crippen LogP contribution is -1.86. The fourth-order valence-electron chi connectivity index (χ4n) is 4.41. The Morgan fingerprint density at radius 3 is 1.38 bits per heavy atom. The van der Waals surface area contributed by atoms with E-state index >= 15 is 0 Å². The van der Waals surface area contributed by atoms with Gasteiger partial charge >= 0.3 is 0 Å². The number of anilines is 1. The van der Waals surface area contributed by atoms with Gasteiger partial charge in [0, 0.05) is 27.2 Å². The normalized spacial score (nSPS) is 11.7. The van der Waals surface area contributed by atoms with E-state index in [4.69, 9.17) is 5.73 Å². The van der Waals surface area contributed by atoms with Crippen LogP contribution in [0.3, 0.4) is 0 Å². The Bertz CT molecular complexity index is 1770. The van der Waals surface area contributed by atoms with E-state index in [0.29, 0.717) is 0 Å². The lowest BCUT2D eigenvalue weighted by molar-refractivity contribution is 1.23. The first-order valence-electron chi connectivity index (χ1n) is 12.0. The van der Waals surface area contributed by atoms with Crippen molar-refractivity contribution in [2.45, 2.75) is 0 Å². The van der Waals surface area contributed by atoms with E-state index in [0.717, 1.165) is 55.5 Å². The Kier molecular flexibility index (Phi) is 5.93. The van der Waals surface area contributed by atoms with Gasteiger partial charge in [0.05, 0.1) is 22.7 Å². The molecule has 0 heterocycles. The summed E-state index contributed by atoms with van der Waals surface area (Å²) in [6.45, 7) is 0. The number of nitrogen functional groups attached to an aromatic ring is 1. The van der Waals surface area contributed by atoms with Crippen molar-refractivity contribution in [3.63, 3.8) is 0 Å². The van der Waals surface area contributed by atoms with Crippen LogP contribution in [0, 0.1) is 0 Å². The van der Waals surface area contributed by atoms with E-state index < -0.39 is 0 Å². The van der Waals surface area contributed by atoms with E-state index in [9.17, 15) is 0 Å². The molecule has 6 rings (SSSR count). The van der Waals surface area contributed by atoms with Gasteiger partial charge in [0.15, 0.2) is 0 Å². The van der Waals surface area contributed by atoms with Crippen LogP contribution in [0.25, 0.3) is 32.7 Å². The van der Waals surface area contributed by atoms with E-state index in [1.165, 1.54) is 5.56 Å².